The molecule has 0 aliphatic rings. The number of hydrogen-bond donors (Lipinski definition) is 0. The summed E-state index contributed by atoms with van der Waals surface area (Å²) in [6.07, 6.45) is 1.64. The number of hydrogen-bond acceptors (Lipinski definition) is 3. The Hall–Kier alpha value is -3.00. The summed E-state index contributed by atoms with van der Waals surface area (Å²) in [5.41, 5.74) is 3.22. The van der Waals surface area contributed by atoms with Crippen LogP contribution in [0, 0.1) is 17.1 Å². The van der Waals surface area contributed by atoms with E-state index < -0.39 is 0 Å². The zero-order chi connectivity index (χ0) is 14.7. The van der Waals surface area contributed by atoms with E-state index in [1.54, 1.807) is 29.1 Å². The topological polar surface area (TPSA) is 54.5 Å². The van der Waals surface area contributed by atoms with Crippen LogP contribution in [0.25, 0.3) is 11.3 Å². The summed E-state index contributed by atoms with van der Waals surface area (Å²) in [6, 6.07) is 15.6. The van der Waals surface area contributed by atoms with Gasteiger partial charge < -0.3 is 0 Å². The molecule has 0 radical (unpaired) electrons. The van der Waals surface area contributed by atoms with Crippen LogP contribution in [0.2, 0.25) is 0 Å². The molecule has 1 heterocycles. The fourth-order valence-corrected chi connectivity index (χ4v) is 2.13. The van der Waals surface area contributed by atoms with Crippen molar-refractivity contribution in [2.75, 3.05) is 0 Å². The van der Waals surface area contributed by atoms with Gasteiger partial charge in [-0.2, -0.15) is 5.26 Å². The Morgan fingerprint density at radius 3 is 2.71 bits per heavy atom. The van der Waals surface area contributed by atoms with Gasteiger partial charge in [0.15, 0.2) is 0 Å². The summed E-state index contributed by atoms with van der Waals surface area (Å²) in [5.74, 6) is -0.278. The Balaban J connectivity index is 1.92. The molecule has 102 valence electrons. The molecule has 3 rings (SSSR count). The van der Waals surface area contributed by atoms with Crippen LogP contribution < -0.4 is 0 Å². The van der Waals surface area contributed by atoms with Crippen molar-refractivity contribution in [3.8, 4) is 17.3 Å². The maximum atomic E-state index is 13.0. The van der Waals surface area contributed by atoms with Crippen LogP contribution in [-0.4, -0.2) is 15.0 Å². The van der Waals surface area contributed by atoms with E-state index in [-0.39, 0.29) is 5.82 Å². The molecule has 0 spiro atoms. The molecule has 2 aromatic carbocycles. The highest BCUT2D eigenvalue weighted by atomic mass is 19.1. The standard InChI is InChI=1S/C16H11FN4/c17-15-6-4-14(5-7-15)16-10-19-20-21(16)11-13-3-1-2-12(8-13)9-18/h1-8,10H,11H2. The molecule has 0 bridgehead atoms. The molecule has 0 N–H and O–H groups in total. The summed E-state index contributed by atoms with van der Waals surface area (Å²) in [4.78, 5) is 0. The van der Waals surface area contributed by atoms with E-state index in [9.17, 15) is 4.39 Å². The minimum absolute atomic E-state index is 0.278. The lowest BCUT2D eigenvalue weighted by Gasteiger charge is -2.07. The van der Waals surface area contributed by atoms with Gasteiger partial charge in [0.25, 0.3) is 0 Å². The first kappa shape index (κ1) is 13.0. The van der Waals surface area contributed by atoms with Crippen LogP contribution in [-0.2, 0) is 6.54 Å². The van der Waals surface area contributed by atoms with Gasteiger partial charge in [-0.05, 0) is 42.0 Å². The van der Waals surface area contributed by atoms with Crippen LogP contribution in [0.15, 0.2) is 54.7 Å². The van der Waals surface area contributed by atoms with Gasteiger partial charge in [0, 0.05) is 5.56 Å². The summed E-state index contributed by atoms with van der Waals surface area (Å²) in [5, 5.41) is 16.9. The van der Waals surface area contributed by atoms with Crippen molar-refractivity contribution >= 4 is 0 Å². The van der Waals surface area contributed by atoms with Crippen molar-refractivity contribution in [1.82, 2.24) is 15.0 Å². The zero-order valence-corrected chi connectivity index (χ0v) is 11.1. The predicted octanol–water partition coefficient (Wildman–Crippen LogP) is 3.00. The summed E-state index contributed by atoms with van der Waals surface area (Å²) < 4.78 is 14.7. The van der Waals surface area contributed by atoms with Crippen LogP contribution in [0.4, 0.5) is 4.39 Å². The molecule has 1 aromatic heterocycles. The van der Waals surface area contributed by atoms with Gasteiger partial charge in [-0.1, -0.05) is 17.3 Å². The average molecular weight is 278 g/mol. The molecule has 0 unspecified atom stereocenters. The van der Waals surface area contributed by atoms with E-state index in [1.165, 1.54) is 12.1 Å². The molecule has 0 saturated carbocycles. The van der Waals surface area contributed by atoms with Gasteiger partial charge in [-0.25, -0.2) is 9.07 Å². The van der Waals surface area contributed by atoms with Gasteiger partial charge in [0.1, 0.15) is 5.82 Å². The van der Waals surface area contributed by atoms with Gasteiger partial charge >= 0.3 is 0 Å². The third-order valence-electron chi connectivity index (χ3n) is 3.15. The fraction of sp³-hybridized carbons (Fsp3) is 0.0625. The largest absolute Gasteiger partial charge is 0.240 e. The molecular weight excluding hydrogens is 267 g/mol. The number of aromatic nitrogens is 3. The second-order valence-corrected chi connectivity index (χ2v) is 4.60. The Kier molecular flexibility index (Phi) is 3.44. The molecule has 4 nitrogen and oxygen atoms in total. The highest BCUT2D eigenvalue weighted by Gasteiger charge is 2.08. The van der Waals surface area contributed by atoms with Crippen molar-refractivity contribution in [2.24, 2.45) is 0 Å². The molecule has 0 aliphatic heterocycles. The normalized spacial score (nSPS) is 10.3. The Morgan fingerprint density at radius 1 is 1.14 bits per heavy atom. The number of nitriles is 1. The molecular formula is C16H11FN4. The highest BCUT2D eigenvalue weighted by molar-refractivity contribution is 5.58. The Labute approximate surface area is 121 Å². The van der Waals surface area contributed by atoms with Crippen LogP contribution >= 0.6 is 0 Å². The van der Waals surface area contributed by atoms with Gasteiger partial charge in [0.05, 0.1) is 30.1 Å². The minimum atomic E-state index is -0.278. The minimum Gasteiger partial charge on any atom is -0.240 e. The number of rotatable bonds is 3. The molecule has 3 aromatic rings. The first-order valence-corrected chi connectivity index (χ1v) is 6.40. The second kappa shape index (κ2) is 5.55. The number of halogens is 1. The zero-order valence-electron chi connectivity index (χ0n) is 11.1. The summed E-state index contributed by atoms with van der Waals surface area (Å²) >= 11 is 0. The maximum Gasteiger partial charge on any atom is 0.123 e. The highest BCUT2D eigenvalue weighted by Crippen LogP contribution is 2.19. The fourth-order valence-electron chi connectivity index (χ4n) is 2.13. The molecule has 21 heavy (non-hydrogen) atoms. The van der Waals surface area contributed by atoms with Crippen molar-refractivity contribution in [2.45, 2.75) is 6.54 Å². The number of benzene rings is 2. The molecule has 0 amide bonds. The van der Waals surface area contributed by atoms with Gasteiger partial charge in [-0.15, -0.1) is 5.10 Å². The Morgan fingerprint density at radius 2 is 1.95 bits per heavy atom. The average Bonchev–Trinajstić information content (AvgIpc) is 2.96. The van der Waals surface area contributed by atoms with Crippen LogP contribution in [0.3, 0.4) is 0 Å². The maximum absolute atomic E-state index is 13.0. The first-order valence-electron chi connectivity index (χ1n) is 6.40. The SMILES string of the molecule is N#Cc1cccc(Cn2nncc2-c2ccc(F)cc2)c1. The van der Waals surface area contributed by atoms with E-state index in [0.29, 0.717) is 12.1 Å². The molecule has 0 atom stereocenters. The quantitative estimate of drug-likeness (QED) is 0.740. The molecule has 0 saturated heterocycles. The molecule has 0 fully saturated rings. The lowest BCUT2D eigenvalue weighted by Crippen LogP contribution is -2.04. The van der Waals surface area contributed by atoms with Gasteiger partial charge in [-0.3, -0.25) is 0 Å². The Bertz CT molecular complexity index is 800. The summed E-state index contributed by atoms with van der Waals surface area (Å²) in [6.45, 7) is 0.502. The van der Waals surface area contributed by atoms with E-state index in [0.717, 1.165) is 16.8 Å². The number of nitrogens with zero attached hydrogens (tertiary/aromatic N) is 4. The summed E-state index contributed by atoms with van der Waals surface area (Å²) in [7, 11) is 0. The van der Waals surface area contributed by atoms with E-state index in [4.69, 9.17) is 5.26 Å². The van der Waals surface area contributed by atoms with Crippen molar-refractivity contribution in [3.05, 3.63) is 71.7 Å². The smallest absolute Gasteiger partial charge is 0.123 e. The molecule has 0 aliphatic carbocycles. The third kappa shape index (κ3) is 2.79. The monoisotopic (exact) mass is 278 g/mol. The van der Waals surface area contributed by atoms with Crippen molar-refractivity contribution in [3.63, 3.8) is 0 Å². The van der Waals surface area contributed by atoms with Crippen molar-refractivity contribution < 1.29 is 4.39 Å². The molecule has 5 heteroatoms. The van der Waals surface area contributed by atoms with E-state index >= 15 is 0 Å². The second-order valence-electron chi connectivity index (χ2n) is 4.60. The van der Waals surface area contributed by atoms with E-state index in [2.05, 4.69) is 16.4 Å². The van der Waals surface area contributed by atoms with Crippen molar-refractivity contribution in [1.29, 1.82) is 5.26 Å². The lowest BCUT2D eigenvalue weighted by molar-refractivity contribution is 0.627. The van der Waals surface area contributed by atoms with Crippen LogP contribution in [0.1, 0.15) is 11.1 Å². The van der Waals surface area contributed by atoms with Crippen LogP contribution in [0.5, 0.6) is 0 Å². The first-order chi connectivity index (χ1) is 10.3. The lowest BCUT2D eigenvalue weighted by atomic mass is 10.1. The predicted molar refractivity (Wildman–Crippen MR) is 75.7 cm³/mol. The van der Waals surface area contributed by atoms with E-state index in [1.807, 2.05) is 18.2 Å². The van der Waals surface area contributed by atoms with Gasteiger partial charge in [0.2, 0.25) is 0 Å². The third-order valence-corrected chi connectivity index (χ3v) is 3.15.